The SMILES string of the molecule is C[C@H](NC(=O)Cc1csc(-c2ccsc2)n1)c1nc2ccccc2[nH]1. The predicted molar refractivity (Wildman–Crippen MR) is 102 cm³/mol. The van der Waals surface area contributed by atoms with Crippen molar-refractivity contribution < 1.29 is 4.79 Å². The van der Waals surface area contributed by atoms with E-state index in [1.54, 1.807) is 22.7 Å². The fourth-order valence-corrected chi connectivity index (χ4v) is 4.14. The molecule has 0 unspecified atom stereocenters. The largest absolute Gasteiger partial charge is 0.346 e. The fraction of sp³-hybridized carbons (Fsp3) is 0.167. The molecule has 0 spiro atoms. The summed E-state index contributed by atoms with van der Waals surface area (Å²) < 4.78 is 0. The number of amides is 1. The van der Waals surface area contributed by atoms with Crippen molar-refractivity contribution >= 4 is 39.6 Å². The number of nitrogens with one attached hydrogen (secondary N) is 2. The number of H-pyrrole nitrogens is 1. The second-order valence-corrected chi connectivity index (χ2v) is 7.40. The van der Waals surface area contributed by atoms with Gasteiger partial charge in [-0.15, -0.1) is 11.3 Å². The first kappa shape index (κ1) is 16.0. The lowest BCUT2D eigenvalue weighted by Crippen LogP contribution is -2.28. The lowest BCUT2D eigenvalue weighted by molar-refractivity contribution is -0.121. The van der Waals surface area contributed by atoms with Gasteiger partial charge in [0.25, 0.3) is 0 Å². The van der Waals surface area contributed by atoms with E-state index in [2.05, 4.69) is 25.6 Å². The fourth-order valence-electron chi connectivity index (χ4n) is 2.61. The number of carbonyl (C=O) groups excluding carboxylic acids is 1. The van der Waals surface area contributed by atoms with E-state index in [4.69, 9.17) is 0 Å². The van der Waals surface area contributed by atoms with Crippen molar-refractivity contribution in [2.45, 2.75) is 19.4 Å². The number of rotatable bonds is 5. The van der Waals surface area contributed by atoms with Crippen molar-refractivity contribution in [2.24, 2.45) is 0 Å². The maximum absolute atomic E-state index is 12.3. The molecule has 25 heavy (non-hydrogen) atoms. The maximum atomic E-state index is 12.3. The van der Waals surface area contributed by atoms with Gasteiger partial charge < -0.3 is 10.3 Å². The Labute approximate surface area is 152 Å². The zero-order valence-electron chi connectivity index (χ0n) is 13.5. The van der Waals surface area contributed by atoms with Crippen molar-refractivity contribution in [3.8, 4) is 10.6 Å². The molecule has 4 aromatic rings. The highest BCUT2D eigenvalue weighted by atomic mass is 32.1. The molecule has 2 N–H and O–H groups in total. The second-order valence-electron chi connectivity index (χ2n) is 5.76. The lowest BCUT2D eigenvalue weighted by atomic mass is 10.2. The average molecular weight is 368 g/mol. The minimum Gasteiger partial charge on any atom is -0.346 e. The minimum atomic E-state index is -0.185. The topological polar surface area (TPSA) is 70.7 Å². The third-order valence-corrected chi connectivity index (χ3v) is 5.48. The Morgan fingerprint density at radius 1 is 1.24 bits per heavy atom. The number of para-hydroxylation sites is 2. The normalized spacial score (nSPS) is 12.4. The quantitative estimate of drug-likeness (QED) is 0.555. The van der Waals surface area contributed by atoms with Crippen LogP contribution in [0.1, 0.15) is 24.5 Å². The Hall–Kier alpha value is -2.51. The monoisotopic (exact) mass is 368 g/mol. The second kappa shape index (κ2) is 6.78. The zero-order chi connectivity index (χ0) is 17.2. The lowest BCUT2D eigenvalue weighted by Gasteiger charge is -2.10. The van der Waals surface area contributed by atoms with Gasteiger partial charge in [0.05, 0.1) is 29.2 Å². The summed E-state index contributed by atoms with van der Waals surface area (Å²) in [4.78, 5) is 24.6. The van der Waals surface area contributed by atoms with Crippen molar-refractivity contribution in [3.63, 3.8) is 0 Å². The van der Waals surface area contributed by atoms with Crippen LogP contribution in [0.5, 0.6) is 0 Å². The molecule has 7 heteroatoms. The highest BCUT2D eigenvalue weighted by Gasteiger charge is 2.15. The average Bonchev–Trinajstić information content (AvgIpc) is 3.34. The number of aromatic amines is 1. The number of hydrogen-bond donors (Lipinski definition) is 2. The molecule has 1 atom stereocenters. The summed E-state index contributed by atoms with van der Waals surface area (Å²) in [5.74, 6) is 0.696. The molecule has 0 saturated carbocycles. The summed E-state index contributed by atoms with van der Waals surface area (Å²) in [7, 11) is 0. The third kappa shape index (κ3) is 3.47. The number of hydrogen-bond acceptors (Lipinski definition) is 5. The Kier molecular flexibility index (Phi) is 4.33. The molecular weight excluding hydrogens is 352 g/mol. The molecule has 0 aliphatic carbocycles. The van der Waals surface area contributed by atoms with Crippen LogP contribution >= 0.6 is 22.7 Å². The summed E-state index contributed by atoms with van der Waals surface area (Å²) in [5.41, 5.74) is 3.77. The van der Waals surface area contributed by atoms with Gasteiger partial charge in [-0.3, -0.25) is 4.79 Å². The molecule has 0 aliphatic heterocycles. The smallest absolute Gasteiger partial charge is 0.226 e. The van der Waals surface area contributed by atoms with E-state index in [0.717, 1.165) is 33.1 Å². The van der Waals surface area contributed by atoms with E-state index >= 15 is 0 Å². The van der Waals surface area contributed by atoms with Gasteiger partial charge in [0, 0.05) is 16.3 Å². The van der Waals surface area contributed by atoms with Crippen LogP contribution in [0.3, 0.4) is 0 Å². The van der Waals surface area contributed by atoms with E-state index in [9.17, 15) is 4.79 Å². The van der Waals surface area contributed by atoms with Gasteiger partial charge in [0.2, 0.25) is 5.91 Å². The molecule has 3 heterocycles. The summed E-state index contributed by atoms with van der Waals surface area (Å²) in [5, 5.41) is 9.97. The number of thiazole rings is 1. The van der Waals surface area contributed by atoms with Crippen LogP contribution in [0.15, 0.2) is 46.5 Å². The predicted octanol–water partition coefficient (Wildman–Crippen LogP) is 4.17. The van der Waals surface area contributed by atoms with Gasteiger partial charge in [-0.1, -0.05) is 12.1 Å². The third-order valence-electron chi connectivity index (χ3n) is 3.86. The van der Waals surface area contributed by atoms with Crippen molar-refractivity contribution in [1.82, 2.24) is 20.3 Å². The van der Waals surface area contributed by atoms with Crippen molar-refractivity contribution in [1.29, 1.82) is 0 Å². The number of fused-ring (bicyclic) bond motifs is 1. The number of thiophene rings is 1. The standard InChI is InChI=1S/C18H16N4OS2/c1-11(17-21-14-4-2-3-5-15(14)22-17)19-16(23)8-13-10-25-18(20-13)12-6-7-24-9-12/h2-7,9-11H,8H2,1H3,(H,19,23)(H,21,22)/t11-/m0/s1. The minimum absolute atomic E-state index is 0.0601. The van der Waals surface area contributed by atoms with Gasteiger partial charge in [0.15, 0.2) is 0 Å². The molecular formula is C18H16N4OS2. The van der Waals surface area contributed by atoms with Gasteiger partial charge >= 0.3 is 0 Å². The van der Waals surface area contributed by atoms with E-state index in [1.165, 1.54) is 0 Å². The number of aromatic nitrogens is 3. The molecule has 0 bridgehead atoms. The molecule has 5 nitrogen and oxygen atoms in total. The van der Waals surface area contributed by atoms with Crippen LogP contribution in [0.25, 0.3) is 21.6 Å². The number of nitrogens with zero attached hydrogens (tertiary/aromatic N) is 2. The van der Waals surface area contributed by atoms with Crippen LogP contribution in [-0.2, 0) is 11.2 Å². The van der Waals surface area contributed by atoms with Crippen LogP contribution in [0.4, 0.5) is 0 Å². The van der Waals surface area contributed by atoms with E-state index in [-0.39, 0.29) is 18.4 Å². The molecule has 0 fully saturated rings. The molecule has 0 radical (unpaired) electrons. The van der Waals surface area contributed by atoms with Crippen molar-refractivity contribution in [3.05, 3.63) is 58.0 Å². The molecule has 0 aliphatic rings. The Morgan fingerprint density at radius 3 is 2.92 bits per heavy atom. The van der Waals surface area contributed by atoms with Crippen LogP contribution in [0.2, 0.25) is 0 Å². The number of carbonyl (C=O) groups is 1. The van der Waals surface area contributed by atoms with Gasteiger partial charge in [-0.2, -0.15) is 11.3 Å². The maximum Gasteiger partial charge on any atom is 0.226 e. The molecule has 1 amide bonds. The molecule has 4 rings (SSSR count). The molecule has 0 saturated heterocycles. The van der Waals surface area contributed by atoms with Crippen LogP contribution < -0.4 is 5.32 Å². The Morgan fingerprint density at radius 2 is 2.12 bits per heavy atom. The molecule has 126 valence electrons. The Balaban J connectivity index is 1.41. The van der Waals surface area contributed by atoms with Crippen molar-refractivity contribution in [2.75, 3.05) is 0 Å². The summed E-state index contributed by atoms with van der Waals surface area (Å²) in [6, 6.07) is 9.68. The summed E-state index contributed by atoms with van der Waals surface area (Å²) in [6.07, 6.45) is 0.269. The summed E-state index contributed by atoms with van der Waals surface area (Å²) in [6.45, 7) is 1.92. The Bertz CT molecular complexity index is 970. The molecule has 1 aromatic carbocycles. The van der Waals surface area contributed by atoms with E-state index in [1.807, 2.05) is 48.0 Å². The van der Waals surface area contributed by atoms with Crippen LogP contribution in [0, 0.1) is 0 Å². The van der Waals surface area contributed by atoms with Gasteiger partial charge in [-0.05, 0) is 30.5 Å². The number of benzene rings is 1. The first-order chi connectivity index (χ1) is 12.2. The number of imidazole rings is 1. The van der Waals surface area contributed by atoms with Gasteiger partial charge in [-0.25, -0.2) is 9.97 Å². The molecule has 3 aromatic heterocycles. The van der Waals surface area contributed by atoms with Crippen LogP contribution in [-0.4, -0.2) is 20.9 Å². The highest BCUT2D eigenvalue weighted by Crippen LogP contribution is 2.26. The van der Waals surface area contributed by atoms with Gasteiger partial charge in [0.1, 0.15) is 10.8 Å². The van der Waals surface area contributed by atoms with E-state index < -0.39 is 0 Å². The summed E-state index contributed by atoms with van der Waals surface area (Å²) >= 11 is 3.21. The highest BCUT2D eigenvalue weighted by molar-refractivity contribution is 7.14. The van der Waals surface area contributed by atoms with E-state index in [0.29, 0.717) is 0 Å². The first-order valence-corrected chi connectivity index (χ1v) is 9.72. The first-order valence-electron chi connectivity index (χ1n) is 7.90. The zero-order valence-corrected chi connectivity index (χ0v) is 15.2.